The van der Waals surface area contributed by atoms with Gasteiger partial charge in [0.15, 0.2) is 0 Å². The quantitative estimate of drug-likeness (QED) is 0.845. The summed E-state index contributed by atoms with van der Waals surface area (Å²) in [5, 5.41) is 0.870. The van der Waals surface area contributed by atoms with Crippen LogP contribution in [0.4, 0.5) is 4.39 Å². The predicted octanol–water partition coefficient (Wildman–Crippen LogP) is 3.39. The fourth-order valence-electron chi connectivity index (χ4n) is 2.98. The third-order valence-electron chi connectivity index (χ3n) is 4.11. The number of halogens is 2. The molecule has 0 bridgehead atoms. The number of likely N-dealkylation sites (tertiary alicyclic amines) is 1. The molecule has 0 unspecified atom stereocenters. The highest BCUT2D eigenvalue weighted by atomic mass is 79.9. The van der Waals surface area contributed by atoms with Crippen molar-refractivity contribution < 1.29 is 4.39 Å². The van der Waals surface area contributed by atoms with E-state index in [4.69, 9.17) is 0 Å². The topological polar surface area (TPSA) is 25.2 Å². The summed E-state index contributed by atoms with van der Waals surface area (Å²) in [6, 6.07) is 6.18. The first-order chi connectivity index (χ1) is 10.1. The van der Waals surface area contributed by atoms with Crippen molar-refractivity contribution in [1.29, 1.82) is 0 Å². The first kappa shape index (κ1) is 14.7. The van der Waals surface area contributed by atoms with Crippen molar-refractivity contribution in [3.63, 3.8) is 0 Å². The summed E-state index contributed by atoms with van der Waals surface area (Å²) in [7, 11) is 0. The molecule has 112 valence electrons. The molecular weight excluding hydrogens is 335 g/mol. The number of hydrogen-bond donors (Lipinski definition) is 0. The van der Waals surface area contributed by atoms with Crippen LogP contribution < -0.4 is 5.56 Å². The Morgan fingerprint density at radius 3 is 2.62 bits per heavy atom. The number of hydrogen-bond acceptors (Lipinski definition) is 2. The smallest absolute Gasteiger partial charge is 0.251 e. The van der Waals surface area contributed by atoms with Gasteiger partial charge in [-0.15, -0.1) is 0 Å². The van der Waals surface area contributed by atoms with Crippen LogP contribution in [0.25, 0.3) is 10.9 Å². The van der Waals surface area contributed by atoms with E-state index in [1.54, 1.807) is 16.7 Å². The standard InChI is InChI=1S/C16H18BrFN2O/c17-14-10-12(18)11-15-13(14)4-5-16(21)20(15)9-8-19-6-2-1-3-7-19/h4-5,10-11H,1-3,6-9H2. The molecule has 2 aromatic rings. The average Bonchev–Trinajstić information content (AvgIpc) is 2.47. The molecule has 1 saturated heterocycles. The molecule has 5 heteroatoms. The highest BCUT2D eigenvalue weighted by Gasteiger charge is 2.12. The molecule has 1 aliphatic heterocycles. The Kier molecular flexibility index (Phi) is 4.40. The molecule has 0 atom stereocenters. The SMILES string of the molecule is O=c1ccc2c(Br)cc(F)cc2n1CCN1CCCCC1. The van der Waals surface area contributed by atoms with Gasteiger partial charge in [-0.3, -0.25) is 4.79 Å². The lowest BCUT2D eigenvalue weighted by molar-refractivity contribution is 0.221. The fraction of sp³-hybridized carbons (Fsp3) is 0.438. The fourth-order valence-corrected chi connectivity index (χ4v) is 3.53. The summed E-state index contributed by atoms with van der Waals surface area (Å²) in [5.41, 5.74) is 0.586. The van der Waals surface area contributed by atoms with Crippen molar-refractivity contribution in [1.82, 2.24) is 9.47 Å². The number of fused-ring (bicyclic) bond motifs is 1. The summed E-state index contributed by atoms with van der Waals surface area (Å²) in [6.45, 7) is 3.63. The van der Waals surface area contributed by atoms with E-state index in [2.05, 4.69) is 20.8 Å². The van der Waals surface area contributed by atoms with Gasteiger partial charge in [-0.1, -0.05) is 6.42 Å². The van der Waals surface area contributed by atoms with Crippen LogP contribution in [0.1, 0.15) is 19.3 Å². The normalized spacial score (nSPS) is 16.5. The Labute approximate surface area is 131 Å². The minimum absolute atomic E-state index is 0.0722. The van der Waals surface area contributed by atoms with Crippen LogP contribution in [-0.2, 0) is 6.54 Å². The van der Waals surface area contributed by atoms with E-state index in [-0.39, 0.29) is 11.4 Å². The molecule has 0 radical (unpaired) electrons. The molecule has 1 aromatic heterocycles. The summed E-state index contributed by atoms with van der Waals surface area (Å²) in [4.78, 5) is 14.5. The Hall–Kier alpha value is -1.20. The molecule has 0 N–H and O–H groups in total. The lowest BCUT2D eigenvalue weighted by atomic mass is 10.1. The van der Waals surface area contributed by atoms with Gasteiger partial charge in [0.1, 0.15) is 5.82 Å². The van der Waals surface area contributed by atoms with E-state index < -0.39 is 0 Å². The Morgan fingerprint density at radius 2 is 1.86 bits per heavy atom. The third-order valence-corrected chi connectivity index (χ3v) is 4.77. The second-order valence-electron chi connectivity index (χ2n) is 5.55. The van der Waals surface area contributed by atoms with Gasteiger partial charge in [0.2, 0.25) is 0 Å². The van der Waals surface area contributed by atoms with Crippen LogP contribution in [0.5, 0.6) is 0 Å². The molecule has 21 heavy (non-hydrogen) atoms. The van der Waals surface area contributed by atoms with Crippen molar-refractivity contribution in [2.75, 3.05) is 19.6 Å². The van der Waals surface area contributed by atoms with Gasteiger partial charge in [-0.25, -0.2) is 4.39 Å². The summed E-state index contributed by atoms with van der Waals surface area (Å²) >= 11 is 3.37. The summed E-state index contributed by atoms with van der Waals surface area (Å²) < 4.78 is 16.0. The maximum Gasteiger partial charge on any atom is 0.251 e. The zero-order chi connectivity index (χ0) is 14.8. The number of nitrogens with zero attached hydrogens (tertiary/aromatic N) is 2. The van der Waals surface area contributed by atoms with Crippen molar-refractivity contribution in [2.24, 2.45) is 0 Å². The second kappa shape index (κ2) is 6.28. The van der Waals surface area contributed by atoms with Gasteiger partial charge in [-0.05, 0) is 60.1 Å². The van der Waals surface area contributed by atoms with Crippen molar-refractivity contribution in [3.8, 4) is 0 Å². The number of benzene rings is 1. The predicted molar refractivity (Wildman–Crippen MR) is 86.2 cm³/mol. The molecule has 2 heterocycles. The molecule has 3 rings (SSSR count). The Balaban J connectivity index is 1.93. The van der Waals surface area contributed by atoms with E-state index in [1.165, 1.54) is 31.4 Å². The highest BCUT2D eigenvalue weighted by Crippen LogP contribution is 2.24. The largest absolute Gasteiger partial charge is 0.307 e. The van der Waals surface area contributed by atoms with Crippen molar-refractivity contribution in [2.45, 2.75) is 25.8 Å². The average molecular weight is 353 g/mol. The van der Waals surface area contributed by atoms with Crippen LogP contribution in [0.2, 0.25) is 0 Å². The number of aromatic nitrogens is 1. The summed E-state index contributed by atoms with van der Waals surface area (Å²) in [6.07, 6.45) is 3.75. The highest BCUT2D eigenvalue weighted by molar-refractivity contribution is 9.10. The molecule has 1 aliphatic rings. The summed E-state index contributed by atoms with van der Waals surface area (Å²) in [5.74, 6) is -0.327. The number of piperidine rings is 1. The van der Waals surface area contributed by atoms with Gasteiger partial charge in [0.05, 0.1) is 5.52 Å². The van der Waals surface area contributed by atoms with Crippen LogP contribution in [-0.4, -0.2) is 29.1 Å². The number of pyridine rings is 1. The van der Waals surface area contributed by atoms with Crippen LogP contribution >= 0.6 is 15.9 Å². The van der Waals surface area contributed by atoms with E-state index in [1.807, 2.05) is 0 Å². The number of rotatable bonds is 3. The van der Waals surface area contributed by atoms with Crippen LogP contribution in [0, 0.1) is 5.82 Å². The van der Waals surface area contributed by atoms with Gasteiger partial charge < -0.3 is 9.47 Å². The van der Waals surface area contributed by atoms with E-state index in [0.29, 0.717) is 16.5 Å². The molecule has 3 nitrogen and oxygen atoms in total. The first-order valence-electron chi connectivity index (χ1n) is 7.36. The molecule has 1 fully saturated rings. The van der Waals surface area contributed by atoms with Crippen molar-refractivity contribution in [3.05, 3.63) is 44.9 Å². The maximum absolute atomic E-state index is 13.6. The Bertz CT molecular complexity index is 707. The van der Waals surface area contributed by atoms with Gasteiger partial charge in [0, 0.05) is 29.0 Å². The monoisotopic (exact) mass is 352 g/mol. The first-order valence-corrected chi connectivity index (χ1v) is 8.15. The molecule has 0 aliphatic carbocycles. The van der Waals surface area contributed by atoms with E-state index in [0.717, 1.165) is 25.0 Å². The molecule has 0 saturated carbocycles. The van der Waals surface area contributed by atoms with Gasteiger partial charge >= 0.3 is 0 Å². The molecule has 0 spiro atoms. The molecular formula is C16H18BrFN2O. The van der Waals surface area contributed by atoms with E-state index >= 15 is 0 Å². The minimum Gasteiger partial charge on any atom is -0.307 e. The third kappa shape index (κ3) is 3.19. The van der Waals surface area contributed by atoms with Gasteiger partial charge in [-0.2, -0.15) is 0 Å². The lowest BCUT2D eigenvalue weighted by Crippen LogP contribution is -2.34. The minimum atomic E-state index is -0.327. The van der Waals surface area contributed by atoms with Crippen LogP contribution in [0.3, 0.4) is 0 Å². The second-order valence-corrected chi connectivity index (χ2v) is 6.40. The van der Waals surface area contributed by atoms with Gasteiger partial charge in [0.25, 0.3) is 5.56 Å². The molecule has 0 amide bonds. The van der Waals surface area contributed by atoms with E-state index in [9.17, 15) is 9.18 Å². The maximum atomic E-state index is 13.6. The lowest BCUT2D eigenvalue weighted by Gasteiger charge is -2.26. The Morgan fingerprint density at radius 1 is 1.10 bits per heavy atom. The zero-order valence-corrected chi connectivity index (χ0v) is 13.4. The molecule has 1 aromatic carbocycles. The van der Waals surface area contributed by atoms with Crippen molar-refractivity contribution >= 4 is 26.8 Å². The zero-order valence-electron chi connectivity index (χ0n) is 11.8. The van der Waals surface area contributed by atoms with Crippen LogP contribution in [0.15, 0.2) is 33.5 Å².